The second-order valence-corrected chi connectivity index (χ2v) is 25.4. The zero-order valence-corrected chi connectivity index (χ0v) is 55.6. The number of para-hydroxylation sites is 1. The third-order valence-corrected chi connectivity index (χ3v) is 18.0. The molecule has 4 heterocycles. The second kappa shape index (κ2) is 26.5. The number of aromatic nitrogens is 1. The number of fused-ring (bicyclic) bond motifs is 3. The normalized spacial score (nSPS) is 16.5. The van der Waals surface area contributed by atoms with Crippen molar-refractivity contribution in [3.8, 4) is 11.1 Å². The number of hydrogen-bond donors (Lipinski definition) is 1. The molecule has 1 atom stereocenters. The standard InChI is InChI=1S/C26H27N3O2.C24H18N2O2.C16H12Cl2N4O7S2.Ca/c1-6-23(30)18-12-14-22-21(16-18)26(3,4)24(28(22)5)15-13-20-17(2)27-29(25(20)31)19-10-8-7-9-11-19;1-14-7-9-15(10-8-14)25-19-11-12-20-22-18(13-21(27)26(20)2)16-5-3-4-6-17(16)24(28)23(19)22;1-8-15(20-19-13-6-11(17)12(18)7-14(13)31(27,28)29)16(23)22(21-8)9-3-2-4-10(5-9)30(24,25)26;/h7-16H,6H2,1-5H3;3-13,25H,1-2H3;2-7,15H,1H3,(H,24,25,26)(H,27,28,29);/q;;;+2/p-2/b20-13-,24-15+;;;. The van der Waals surface area contributed by atoms with Crippen molar-refractivity contribution in [1.82, 2.24) is 4.57 Å². The number of likely N-dealkylation sites (N-methyl/N-ethyl adjacent to an activating group) is 1. The van der Waals surface area contributed by atoms with Gasteiger partial charge in [0.1, 0.15) is 25.9 Å². The maximum Gasteiger partial charge on any atom is 2.00 e. The minimum Gasteiger partial charge on any atom is -0.744 e. The summed E-state index contributed by atoms with van der Waals surface area (Å²) < 4.78 is 69.6. The Kier molecular flexibility index (Phi) is 19.5. The summed E-state index contributed by atoms with van der Waals surface area (Å²) >= 11 is 11.6. The van der Waals surface area contributed by atoms with Crippen LogP contribution in [0.15, 0.2) is 210 Å². The predicted molar refractivity (Wildman–Crippen MR) is 352 cm³/mol. The number of azo groups is 1. The van der Waals surface area contributed by atoms with Crippen molar-refractivity contribution < 1.29 is 45.1 Å². The molecule has 7 aromatic carbocycles. The van der Waals surface area contributed by atoms with Crippen LogP contribution in [0.4, 0.5) is 34.1 Å². The number of hydrazone groups is 2. The van der Waals surface area contributed by atoms with Crippen LogP contribution in [0.3, 0.4) is 0 Å². The maximum absolute atomic E-state index is 13.4. The molecule has 1 unspecified atom stereocenters. The molecule has 0 saturated heterocycles. The molecule has 0 saturated carbocycles. The van der Waals surface area contributed by atoms with Gasteiger partial charge in [-0.1, -0.05) is 110 Å². The van der Waals surface area contributed by atoms with Gasteiger partial charge in [0.2, 0.25) is 0 Å². The summed E-state index contributed by atoms with van der Waals surface area (Å²) in [6, 6.07) is 41.5. The molecule has 1 aliphatic carbocycles. The molecule has 458 valence electrons. The zero-order chi connectivity index (χ0) is 64.9. The minimum atomic E-state index is -4.98. The number of Topliss-reactive ketones (excluding diaryl/α,β-unsaturated/α-hetero) is 1. The Hall–Kier alpha value is -8.29. The van der Waals surface area contributed by atoms with Gasteiger partial charge >= 0.3 is 37.7 Å². The molecular formula is C66H55CaCl2N9O11S2. The topological polar surface area (TPSA) is 276 Å². The first-order valence-electron chi connectivity index (χ1n) is 27.8. The number of carbonyl (C=O) groups excluding carboxylic acids is 4. The summed E-state index contributed by atoms with van der Waals surface area (Å²) in [6.07, 6.45) is 4.35. The van der Waals surface area contributed by atoms with E-state index < -0.39 is 47.7 Å². The molecular weight excluding hydrogens is 1270 g/mol. The van der Waals surface area contributed by atoms with E-state index in [1.54, 1.807) is 17.7 Å². The van der Waals surface area contributed by atoms with E-state index in [0.29, 0.717) is 28.8 Å². The van der Waals surface area contributed by atoms with Gasteiger partial charge in [0.25, 0.3) is 17.4 Å². The van der Waals surface area contributed by atoms with Gasteiger partial charge in [-0.25, -0.2) is 16.8 Å². The van der Waals surface area contributed by atoms with Crippen LogP contribution in [-0.4, -0.2) is 116 Å². The van der Waals surface area contributed by atoms with Crippen LogP contribution >= 0.6 is 23.2 Å². The van der Waals surface area contributed by atoms with E-state index in [0.717, 1.165) is 90.9 Å². The first kappa shape index (κ1) is 67.1. The van der Waals surface area contributed by atoms with E-state index in [1.165, 1.54) is 29.6 Å². The van der Waals surface area contributed by atoms with E-state index in [-0.39, 0.29) is 87.6 Å². The Morgan fingerprint density at radius 3 is 2.04 bits per heavy atom. The molecule has 1 aromatic heterocycles. The molecule has 0 bridgehead atoms. The van der Waals surface area contributed by atoms with E-state index in [4.69, 9.17) is 23.2 Å². The number of aryl methyl sites for hydroxylation is 2. The van der Waals surface area contributed by atoms with Gasteiger partial charge in [0, 0.05) is 65.6 Å². The fraction of sp³-hybridized carbons (Fsp3) is 0.167. The van der Waals surface area contributed by atoms with Crippen LogP contribution in [0.1, 0.15) is 78.4 Å². The van der Waals surface area contributed by atoms with E-state index >= 15 is 0 Å². The van der Waals surface area contributed by atoms with Crippen molar-refractivity contribution in [1.29, 1.82) is 0 Å². The molecule has 4 aliphatic rings. The predicted octanol–water partition coefficient (Wildman–Crippen LogP) is 12.3. The quantitative estimate of drug-likeness (QED) is 0.0415. The molecule has 0 radical (unpaired) electrons. The summed E-state index contributed by atoms with van der Waals surface area (Å²) in [6.45, 7) is 11.5. The number of benzene rings is 7. The summed E-state index contributed by atoms with van der Waals surface area (Å²) in [5.41, 5.74) is 11.8. The molecule has 0 spiro atoms. The SMILES string of the molecule is CC1=NN(c2cccc(S(=O)(=O)[O-])c2)C(=O)C1N=Nc1cc(Cl)c(Cl)cc1S(=O)(=O)[O-].CCC(=O)c1ccc2c(c1)C(C)(C)/C(=C\C=C1/C(=O)N(c3ccccc3)N=C1C)N2C.Cc1ccc(Nc2ccc3c4c(cc(=O)n3C)-c3ccccc3C(=O)c24)cc1.[Ca+2]. The molecule has 91 heavy (non-hydrogen) atoms. The third-order valence-electron chi connectivity index (χ3n) is 15.6. The number of anilines is 5. The number of ketones is 2. The molecule has 12 rings (SSSR count). The van der Waals surface area contributed by atoms with E-state index in [9.17, 15) is 49.9 Å². The Morgan fingerprint density at radius 2 is 1.37 bits per heavy atom. The summed E-state index contributed by atoms with van der Waals surface area (Å²) in [4.78, 5) is 64.6. The fourth-order valence-electron chi connectivity index (χ4n) is 10.8. The van der Waals surface area contributed by atoms with E-state index in [2.05, 4.69) is 44.5 Å². The zero-order valence-electron chi connectivity index (χ0n) is 50.2. The van der Waals surface area contributed by atoms with Gasteiger partial charge in [0.05, 0.1) is 65.0 Å². The van der Waals surface area contributed by atoms with Crippen LogP contribution in [0.25, 0.3) is 22.0 Å². The Balaban J connectivity index is 0.000000161. The maximum atomic E-state index is 13.4. The number of pyridine rings is 1. The van der Waals surface area contributed by atoms with E-state index in [1.807, 2.05) is 149 Å². The van der Waals surface area contributed by atoms with Gasteiger partial charge in [-0.2, -0.15) is 30.4 Å². The molecule has 2 amide bonds. The van der Waals surface area contributed by atoms with Crippen molar-refractivity contribution in [3.05, 3.63) is 223 Å². The molecule has 1 N–H and O–H groups in total. The summed E-state index contributed by atoms with van der Waals surface area (Å²) in [5.74, 6) is -0.771. The average Bonchev–Trinajstić information content (AvgIpc) is 1.44. The number of halogens is 2. The first-order valence-corrected chi connectivity index (χ1v) is 31.4. The number of carbonyl (C=O) groups is 4. The molecule has 25 heteroatoms. The van der Waals surface area contributed by atoms with Crippen LogP contribution < -0.4 is 25.8 Å². The summed E-state index contributed by atoms with van der Waals surface area (Å²) in [5, 5.41) is 22.1. The van der Waals surface area contributed by atoms with Crippen LogP contribution in [0.5, 0.6) is 0 Å². The van der Waals surface area contributed by atoms with Crippen molar-refractivity contribution in [3.63, 3.8) is 0 Å². The molecule has 0 fully saturated rings. The number of hydrogen-bond acceptors (Lipinski definition) is 17. The van der Waals surface area contributed by atoms with Crippen molar-refractivity contribution >= 4 is 161 Å². The van der Waals surface area contributed by atoms with Gasteiger partial charge in [-0.15, -0.1) is 0 Å². The minimum absolute atomic E-state index is 0. The average molecular weight is 1330 g/mol. The monoisotopic (exact) mass is 1320 g/mol. The number of rotatable bonds is 11. The van der Waals surface area contributed by atoms with Gasteiger partial charge in [-0.05, 0) is 135 Å². The van der Waals surface area contributed by atoms with Gasteiger partial charge in [-0.3, -0.25) is 24.0 Å². The van der Waals surface area contributed by atoms with Crippen molar-refractivity contribution in [2.75, 3.05) is 27.3 Å². The summed E-state index contributed by atoms with van der Waals surface area (Å²) in [7, 11) is -5.98. The first-order chi connectivity index (χ1) is 42.6. The third kappa shape index (κ3) is 13.4. The molecule has 20 nitrogen and oxygen atoms in total. The Morgan fingerprint density at radius 1 is 0.714 bits per heavy atom. The Labute approximate surface area is 564 Å². The van der Waals surface area contributed by atoms with Gasteiger partial charge in [0.15, 0.2) is 17.6 Å². The van der Waals surface area contributed by atoms with Crippen molar-refractivity contribution in [2.45, 2.75) is 69.2 Å². The number of nitrogens with zero attached hydrogens (tertiary/aromatic N) is 8. The van der Waals surface area contributed by atoms with Crippen LogP contribution in [0.2, 0.25) is 10.0 Å². The van der Waals surface area contributed by atoms with Crippen LogP contribution in [0, 0.1) is 6.92 Å². The molecule has 8 aromatic rings. The number of allylic oxidation sites excluding steroid dienone is 3. The second-order valence-electron chi connectivity index (χ2n) is 21.8. The Bertz CT molecular complexity index is 4820. The number of nitrogens with one attached hydrogen (secondary N) is 1. The number of amides is 2. The largest absolute Gasteiger partial charge is 2.00 e. The smallest absolute Gasteiger partial charge is 0.744 e. The molecule has 3 aliphatic heterocycles. The fourth-order valence-corrected chi connectivity index (χ4v) is 12.4. The van der Waals surface area contributed by atoms with Crippen molar-refractivity contribution in [2.24, 2.45) is 27.5 Å². The van der Waals surface area contributed by atoms with Crippen LogP contribution in [-0.2, 0) is 42.3 Å². The van der Waals surface area contributed by atoms with Gasteiger partial charge < -0.3 is 23.9 Å².